The van der Waals surface area contributed by atoms with Crippen LogP contribution >= 0.6 is 0 Å². The summed E-state index contributed by atoms with van der Waals surface area (Å²) in [4.78, 5) is 26.3. The molecule has 4 atom stereocenters. The van der Waals surface area contributed by atoms with Crippen LogP contribution in [0.3, 0.4) is 0 Å². The lowest BCUT2D eigenvalue weighted by molar-refractivity contribution is -0.123. The van der Waals surface area contributed by atoms with E-state index < -0.39 is 10.0 Å². The molecular weight excluding hydrogens is 304 g/mol. The van der Waals surface area contributed by atoms with Crippen molar-refractivity contribution < 1.29 is 18.0 Å². The first kappa shape index (κ1) is 13.7. The Morgan fingerprint density at radius 1 is 0.955 bits per heavy atom. The number of carbonyl (C=O) groups is 2. The minimum atomic E-state index is -3.79. The molecule has 0 radical (unpaired) electrons. The van der Waals surface area contributed by atoms with Gasteiger partial charge in [-0.25, -0.2) is 13.6 Å². The maximum Gasteiger partial charge on any atom is 0.238 e. The molecule has 2 bridgehead atoms. The summed E-state index contributed by atoms with van der Waals surface area (Å²) >= 11 is 0. The van der Waals surface area contributed by atoms with E-state index >= 15 is 0 Å². The summed E-state index contributed by atoms with van der Waals surface area (Å²) in [5, 5.41) is 5.05. The first-order valence-electron chi connectivity index (χ1n) is 7.07. The molecule has 1 saturated carbocycles. The normalized spacial score (nSPS) is 32.9. The first-order valence-corrected chi connectivity index (χ1v) is 8.61. The third kappa shape index (κ3) is 1.72. The Morgan fingerprint density at radius 3 is 1.91 bits per heavy atom. The number of hydrogen-bond acceptors (Lipinski definition) is 4. The highest BCUT2D eigenvalue weighted by Crippen LogP contribution is 2.53. The molecule has 2 amide bonds. The van der Waals surface area contributed by atoms with E-state index in [9.17, 15) is 18.0 Å². The minimum Gasteiger partial charge on any atom is -0.274 e. The van der Waals surface area contributed by atoms with Gasteiger partial charge in [-0.2, -0.15) is 0 Å². The van der Waals surface area contributed by atoms with Crippen LogP contribution in [0.15, 0.2) is 41.3 Å². The van der Waals surface area contributed by atoms with E-state index in [0.29, 0.717) is 5.69 Å². The van der Waals surface area contributed by atoms with E-state index in [4.69, 9.17) is 5.14 Å². The number of benzene rings is 1. The lowest BCUT2D eigenvalue weighted by Crippen LogP contribution is -2.32. The molecule has 22 heavy (non-hydrogen) atoms. The monoisotopic (exact) mass is 318 g/mol. The van der Waals surface area contributed by atoms with Gasteiger partial charge in [0, 0.05) is 0 Å². The van der Waals surface area contributed by atoms with Crippen molar-refractivity contribution in [3.63, 3.8) is 0 Å². The lowest BCUT2D eigenvalue weighted by Gasteiger charge is -2.17. The van der Waals surface area contributed by atoms with Gasteiger partial charge in [0.2, 0.25) is 21.8 Å². The zero-order chi connectivity index (χ0) is 15.6. The molecular formula is C15H14N2O4S. The predicted octanol–water partition coefficient (Wildman–Crippen LogP) is 0.645. The third-order valence-electron chi connectivity index (χ3n) is 4.89. The van der Waals surface area contributed by atoms with Crippen LogP contribution < -0.4 is 10.0 Å². The van der Waals surface area contributed by atoms with E-state index in [1.54, 1.807) is 0 Å². The number of carbonyl (C=O) groups excluding carboxylic acids is 2. The summed E-state index contributed by atoms with van der Waals surface area (Å²) in [6, 6.07) is 5.52. The highest BCUT2D eigenvalue weighted by Gasteiger charge is 2.59. The van der Waals surface area contributed by atoms with Crippen LogP contribution in [0.5, 0.6) is 0 Å². The smallest absolute Gasteiger partial charge is 0.238 e. The van der Waals surface area contributed by atoms with Gasteiger partial charge < -0.3 is 0 Å². The Bertz CT molecular complexity index is 782. The number of anilines is 1. The number of amides is 2. The average Bonchev–Trinajstić information content (AvgIpc) is 3.12. The fourth-order valence-electron chi connectivity index (χ4n) is 3.94. The number of sulfonamides is 1. The van der Waals surface area contributed by atoms with E-state index in [-0.39, 0.29) is 40.4 Å². The van der Waals surface area contributed by atoms with Crippen LogP contribution in [0.25, 0.3) is 0 Å². The maximum absolute atomic E-state index is 12.6. The van der Waals surface area contributed by atoms with Crippen LogP contribution in [0.4, 0.5) is 5.69 Å². The fraction of sp³-hybridized carbons (Fsp3) is 0.333. The summed E-state index contributed by atoms with van der Waals surface area (Å²) in [5.41, 5.74) is 0.399. The highest BCUT2D eigenvalue weighted by atomic mass is 32.2. The highest BCUT2D eigenvalue weighted by molar-refractivity contribution is 7.89. The second kappa shape index (κ2) is 4.27. The second-order valence-corrected chi connectivity index (χ2v) is 7.61. The van der Waals surface area contributed by atoms with Crippen LogP contribution in [0.2, 0.25) is 0 Å². The Morgan fingerprint density at radius 2 is 1.45 bits per heavy atom. The molecule has 1 heterocycles. The lowest BCUT2D eigenvalue weighted by atomic mass is 9.85. The largest absolute Gasteiger partial charge is 0.274 e. The van der Waals surface area contributed by atoms with Crippen LogP contribution in [-0.4, -0.2) is 20.2 Å². The Labute approximate surface area is 127 Å². The number of hydrogen-bond donors (Lipinski definition) is 1. The second-order valence-electron chi connectivity index (χ2n) is 6.05. The molecule has 7 heteroatoms. The number of imide groups is 1. The van der Waals surface area contributed by atoms with Crippen LogP contribution in [-0.2, 0) is 19.6 Å². The van der Waals surface area contributed by atoms with Gasteiger partial charge in [-0.3, -0.25) is 14.5 Å². The number of fused-ring (bicyclic) bond motifs is 5. The zero-order valence-electron chi connectivity index (χ0n) is 11.5. The van der Waals surface area contributed by atoms with Crippen molar-refractivity contribution in [2.24, 2.45) is 28.8 Å². The molecule has 2 N–H and O–H groups in total. The number of nitrogens with zero attached hydrogens (tertiary/aromatic N) is 1. The molecule has 1 saturated heterocycles. The molecule has 0 spiro atoms. The van der Waals surface area contributed by atoms with Crippen LogP contribution in [0.1, 0.15) is 6.42 Å². The SMILES string of the molecule is NS(=O)(=O)c1ccc(N2C(=O)[C@@H]3[C@H](C2=O)[C@H]2C=C[C@H]3C2)cc1. The first-order chi connectivity index (χ1) is 10.4. The quantitative estimate of drug-likeness (QED) is 0.639. The Balaban J connectivity index is 1.70. The van der Waals surface area contributed by atoms with E-state index in [0.717, 1.165) is 6.42 Å². The van der Waals surface area contributed by atoms with Crippen molar-refractivity contribution in [3.05, 3.63) is 36.4 Å². The van der Waals surface area contributed by atoms with Crippen LogP contribution in [0, 0.1) is 23.7 Å². The molecule has 2 aliphatic carbocycles. The molecule has 6 nitrogen and oxygen atoms in total. The molecule has 1 aromatic rings. The van der Waals surface area contributed by atoms with Gasteiger partial charge in [-0.05, 0) is 42.5 Å². The molecule has 0 unspecified atom stereocenters. The summed E-state index contributed by atoms with van der Waals surface area (Å²) in [7, 11) is -3.79. The fourth-order valence-corrected chi connectivity index (χ4v) is 4.46. The minimum absolute atomic E-state index is 0.0442. The number of primary sulfonamides is 1. The number of allylic oxidation sites excluding steroid dienone is 2. The third-order valence-corrected chi connectivity index (χ3v) is 5.82. The number of nitrogens with two attached hydrogens (primary N) is 1. The summed E-state index contributed by atoms with van der Waals surface area (Å²) < 4.78 is 22.5. The van der Waals surface area contributed by atoms with E-state index in [2.05, 4.69) is 0 Å². The van der Waals surface area contributed by atoms with Gasteiger partial charge in [-0.15, -0.1) is 0 Å². The van der Waals surface area contributed by atoms with E-state index in [1.807, 2.05) is 12.2 Å². The predicted molar refractivity (Wildman–Crippen MR) is 78.0 cm³/mol. The van der Waals surface area contributed by atoms with Gasteiger partial charge in [0.25, 0.3) is 0 Å². The van der Waals surface area contributed by atoms with E-state index in [1.165, 1.54) is 29.2 Å². The van der Waals surface area contributed by atoms with Crippen molar-refractivity contribution in [2.45, 2.75) is 11.3 Å². The maximum atomic E-state index is 12.6. The van der Waals surface area contributed by atoms with Gasteiger partial charge in [0.05, 0.1) is 22.4 Å². The average molecular weight is 318 g/mol. The van der Waals surface area contributed by atoms with Gasteiger partial charge in [-0.1, -0.05) is 12.2 Å². The van der Waals surface area contributed by atoms with Gasteiger partial charge >= 0.3 is 0 Å². The molecule has 1 aromatic carbocycles. The molecule has 4 rings (SSSR count). The number of rotatable bonds is 2. The Kier molecular flexibility index (Phi) is 2.65. The van der Waals surface area contributed by atoms with Crippen molar-refractivity contribution in [1.82, 2.24) is 0 Å². The molecule has 0 aromatic heterocycles. The Hall–Kier alpha value is -1.99. The molecule has 114 valence electrons. The topological polar surface area (TPSA) is 97.5 Å². The molecule has 1 aliphatic heterocycles. The van der Waals surface area contributed by atoms with Gasteiger partial charge in [0.15, 0.2) is 0 Å². The summed E-state index contributed by atoms with van der Waals surface area (Å²) in [5.74, 6) is -0.591. The standard InChI is InChI=1S/C15H14N2O4S/c16-22(20,21)11-5-3-10(4-6-11)17-14(18)12-8-1-2-9(7-8)13(12)15(17)19/h1-6,8-9,12-13H,7H2,(H2,16,20,21)/t8-,9-,12-,13+/m0/s1. The molecule has 2 fully saturated rings. The summed E-state index contributed by atoms with van der Waals surface area (Å²) in [6.07, 6.45) is 4.94. The van der Waals surface area contributed by atoms with Crippen molar-refractivity contribution >= 4 is 27.5 Å². The zero-order valence-corrected chi connectivity index (χ0v) is 12.4. The van der Waals surface area contributed by atoms with Gasteiger partial charge in [0.1, 0.15) is 0 Å². The molecule has 3 aliphatic rings. The summed E-state index contributed by atoms with van der Waals surface area (Å²) in [6.45, 7) is 0. The van der Waals surface area contributed by atoms with Crippen molar-refractivity contribution in [1.29, 1.82) is 0 Å². The van der Waals surface area contributed by atoms with Crippen molar-refractivity contribution in [2.75, 3.05) is 4.90 Å². The van der Waals surface area contributed by atoms with Crippen molar-refractivity contribution in [3.8, 4) is 0 Å².